The van der Waals surface area contributed by atoms with Crippen LogP contribution in [-0.2, 0) is 9.53 Å². The standard InChI is InChI=1S/C17H18N2O4/c20-16(19-12-6-1-2-7-12)15(13-8-3-4-10-18-13)23-17(21)14-9-5-11-22-14/h3-5,8-12,15H,1-2,6-7H2,(H,19,20)/t15-/m1/s1. The predicted molar refractivity (Wildman–Crippen MR) is 81.5 cm³/mol. The average molecular weight is 314 g/mol. The van der Waals surface area contributed by atoms with Crippen LogP contribution in [0.1, 0.15) is 48.0 Å². The first-order valence-corrected chi connectivity index (χ1v) is 7.70. The van der Waals surface area contributed by atoms with E-state index in [4.69, 9.17) is 9.15 Å². The Balaban J connectivity index is 1.76. The van der Waals surface area contributed by atoms with E-state index in [1.165, 1.54) is 12.3 Å². The predicted octanol–water partition coefficient (Wildman–Crippen LogP) is 2.63. The molecule has 0 aromatic carbocycles. The molecule has 0 saturated heterocycles. The topological polar surface area (TPSA) is 81.4 Å². The number of hydrogen-bond acceptors (Lipinski definition) is 5. The molecule has 2 aromatic heterocycles. The van der Waals surface area contributed by atoms with Crippen LogP contribution < -0.4 is 5.32 Å². The van der Waals surface area contributed by atoms with E-state index in [1.807, 2.05) is 0 Å². The Labute approximate surface area is 133 Å². The lowest BCUT2D eigenvalue weighted by Crippen LogP contribution is -2.38. The molecule has 0 bridgehead atoms. The van der Waals surface area contributed by atoms with Gasteiger partial charge in [-0.05, 0) is 37.1 Å². The molecule has 0 spiro atoms. The minimum atomic E-state index is -1.09. The van der Waals surface area contributed by atoms with Gasteiger partial charge in [0.25, 0.3) is 5.91 Å². The number of carbonyl (C=O) groups is 2. The monoisotopic (exact) mass is 314 g/mol. The van der Waals surface area contributed by atoms with E-state index in [2.05, 4.69) is 10.3 Å². The third-order valence-electron chi connectivity index (χ3n) is 3.84. The molecule has 120 valence electrons. The number of carbonyl (C=O) groups excluding carboxylic acids is 2. The molecule has 2 heterocycles. The highest BCUT2D eigenvalue weighted by atomic mass is 16.6. The lowest BCUT2D eigenvalue weighted by Gasteiger charge is -2.19. The van der Waals surface area contributed by atoms with Gasteiger partial charge in [-0.3, -0.25) is 9.78 Å². The third kappa shape index (κ3) is 3.77. The van der Waals surface area contributed by atoms with E-state index in [-0.39, 0.29) is 17.7 Å². The van der Waals surface area contributed by atoms with Crippen molar-refractivity contribution < 1.29 is 18.7 Å². The van der Waals surface area contributed by atoms with Gasteiger partial charge in [-0.25, -0.2) is 4.79 Å². The quantitative estimate of drug-likeness (QED) is 0.858. The van der Waals surface area contributed by atoms with Crippen LogP contribution in [0.25, 0.3) is 0 Å². The number of nitrogens with zero attached hydrogens (tertiary/aromatic N) is 1. The van der Waals surface area contributed by atoms with Crippen LogP contribution >= 0.6 is 0 Å². The minimum Gasteiger partial charge on any atom is -0.457 e. The molecule has 1 aliphatic carbocycles. The van der Waals surface area contributed by atoms with Crippen molar-refractivity contribution >= 4 is 11.9 Å². The van der Waals surface area contributed by atoms with E-state index in [0.717, 1.165) is 25.7 Å². The molecule has 1 amide bonds. The van der Waals surface area contributed by atoms with E-state index >= 15 is 0 Å². The van der Waals surface area contributed by atoms with Crippen LogP contribution in [0, 0.1) is 0 Å². The zero-order valence-corrected chi connectivity index (χ0v) is 12.6. The van der Waals surface area contributed by atoms with Gasteiger partial charge in [-0.15, -0.1) is 0 Å². The summed E-state index contributed by atoms with van der Waals surface area (Å²) in [6.45, 7) is 0. The van der Waals surface area contributed by atoms with Crippen LogP contribution in [0.3, 0.4) is 0 Å². The van der Waals surface area contributed by atoms with Gasteiger partial charge < -0.3 is 14.5 Å². The molecule has 0 unspecified atom stereocenters. The fraction of sp³-hybridized carbons (Fsp3) is 0.353. The van der Waals surface area contributed by atoms with E-state index in [0.29, 0.717) is 5.69 Å². The maximum absolute atomic E-state index is 12.5. The zero-order valence-electron chi connectivity index (χ0n) is 12.6. The van der Waals surface area contributed by atoms with E-state index in [1.54, 1.807) is 30.5 Å². The lowest BCUT2D eigenvalue weighted by molar-refractivity contribution is -0.131. The highest BCUT2D eigenvalue weighted by Crippen LogP contribution is 2.22. The zero-order chi connectivity index (χ0) is 16.1. The largest absolute Gasteiger partial charge is 0.457 e. The Morgan fingerprint density at radius 3 is 2.70 bits per heavy atom. The first kappa shape index (κ1) is 15.3. The molecule has 1 aliphatic rings. The number of nitrogens with one attached hydrogen (secondary N) is 1. The van der Waals surface area contributed by atoms with Crippen molar-refractivity contribution in [2.24, 2.45) is 0 Å². The maximum atomic E-state index is 12.5. The van der Waals surface area contributed by atoms with Crippen LogP contribution in [0.2, 0.25) is 0 Å². The number of rotatable bonds is 5. The summed E-state index contributed by atoms with van der Waals surface area (Å²) in [5.74, 6) is -0.984. The first-order valence-electron chi connectivity index (χ1n) is 7.70. The van der Waals surface area contributed by atoms with E-state index < -0.39 is 12.1 Å². The Morgan fingerprint density at radius 1 is 1.22 bits per heavy atom. The summed E-state index contributed by atoms with van der Waals surface area (Å²) in [6.07, 6.45) is 5.96. The first-order chi connectivity index (χ1) is 11.2. The highest BCUT2D eigenvalue weighted by molar-refractivity contribution is 5.90. The summed E-state index contributed by atoms with van der Waals surface area (Å²) < 4.78 is 10.4. The lowest BCUT2D eigenvalue weighted by atomic mass is 10.2. The van der Waals surface area contributed by atoms with Crippen molar-refractivity contribution in [2.75, 3.05) is 0 Å². The molecule has 3 rings (SSSR count). The van der Waals surface area contributed by atoms with Crippen LogP contribution in [0.15, 0.2) is 47.2 Å². The number of amides is 1. The summed E-state index contributed by atoms with van der Waals surface area (Å²) in [7, 11) is 0. The Morgan fingerprint density at radius 2 is 2.04 bits per heavy atom. The molecule has 2 aromatic rings. The van der Waals surface area contributed by atoms with Crippen LogP contribution in [0.5, 0.6) is 0 Å². The van der Waals surface area contributed by atoms with Gasteiger partial charge >= 0.3 is 5.97 Å². The molecule has 1 atom stereocenters. The number of esters is 1. The van der Waals surface area contributed by atoms with Crippen molar-refractivity contribution in [2.45, 2.75) is 37.8 Å². The smallest absolute Gasteiger partial charge is 0.375 e. The number of pyridine rings is 1. The van der Waals surface area contributed by atoms with Crippen LogP contribution in [-0.4, -0.2) is 22.9 Å². The normalized spacial score (nSPS) is 16.0. The number of ether oxygens (including phenoxy) is 1. The Kier molecular flexibility index (Phi) is 4.71. The molecule has 1 N–H and O–H groups in total. The Hall–Kier alpha value is -2.63. The Bertz CT molecular complexity index is 648. The number of aromatic nitrogens is 1. The van der Waals surface area contributed by atoms with Crippen molar-refractivity contribution in [3.05, 3.63) is 54.2 Å². The molecule has 1 fully saturated rings. The van der Waals surface area contributed by atoms with Gasteiger partial charge in [-0.1, -0.05) is 18.9 Å². The average Bonchev–Trinajstić information content (AvgIpc) is 3.26. The molecule has 1 saturated carbocycles. The van der Waals surface area contributed by atoms with Crippen LogP contribution in [0.4, 0.5) is 0 Å². The molecule has 0 aliphatic heterocycles. The summed E-state index contributed by atoms with van der Waals surface area (Å²) in [4.78, 5) is 28.8. The van der Waals surface area contributed by atoms with Gasteiger partial charge in [-0.2, -0.15) is 0 Å². The fourth-order valence-corrected chi connectivity index (χ4v) is 2.69. The molecular weight excluding hydrogens is 296 g/mol. The summed E-state index contributed by atoms with van der Waals surface area (Å²) in [5.41, 5.74) is 0.392. The van der Waals surface area contributed by atoms with E-state index in [9.17, 15) is 9.59 Å². The van der Waals surface area contributed by atoms with Gasteiger partial charge in [0.1, 0.15) is 0 Å². The van der Waals surface area contributed by atoms with Gasteiger partial charge in [0.2, 0.25) is 11.9 Å². The molecule has 6 heteroatoms. The molecule has 0 radical (unpaired) electrons. The van der Waals surface area contributed by atoms with Crippen molar-refractivity contribution in [3.63, 3.8) is 0 Å². The van der Waals surface area contributed by atoms with Crippen molar-refractivity contribution in [1.29, 1.82) is 0 Å². The van der Waals surface area contributed by atoms with Crippen molar-refractivity contribution in [1.82, 2.24) is 10.3 Å². The highest BCUT2D eigenvalue weighted by Gasteiger charge is 2.30. The molecular formula is C17H18N2O4. The second-order valence-electron chi connectivity index (χ2n) is 5.51. The second kappa shape index (κ2) is 7.09. The molecule has 23 heavy (non-hydrogen) atoms. The minimum absolute atomic E-state index is 0.0552. The second-order valence-corrected chi connectivity index (χ2v) is 5.51. The van der Waals surface area contributed by atoms with Gasteiger partial charge in [0.05, 0.1) is 12.0 Å². The van der Waals surface area contributed by atoms with Gasteiger partial charge in [0, 0.05) is 12.2 Å². The SMILES string of the molecule is O=C(O[C@@H](C(=O)NC1CCCC1)c1ccccn1)c1ccco1. The fourth-order valence-electron chi connectivity index (χ4n) is 2.69. The summed E-state index contributed by atoms with van der Waals surface area (Å²) >= 11 is 0. The number of hydrogen-bond donors (Lipinski definition) is 1. The third-order valence-corrected chi connectivity index (χ3v) is 3.84. The van der Waals surface area contributed by atoms with Crippen molar-refractivity contribution in [3.8, 4) is 0 Å². The number of furan rings is 1. The molecule has 6 nitrogen and oxygen atoms in total. The maximum Gasteiger partial charge on any atom is 0.375 e. The summed E-state index contributed by atoms with van der Waals surface area (Å²) in [6, 6.07) is 8.37. The van der Waals surface area contributed by atoms with Gasteiger partial charge in [0.15, 0.2) is 0 Å². The summed E-state index contributed by atoms with van der Waals surface area (Å²) in [5, 5.41) is 2.94.